The van der Waals surface area contributed by atoms with Gasteiger partial charge in [-0.05, 0) is 12.5 Å². The summed E-state index contributed by atoms with van der Waals surface area (Å²) in [5.41, 5.74) is 2.11. The smallest absolute Gasteiger partial charge is 0.152 e. The number of rotatable bonds is 4. The van der Waals surface area contributed by atoms with Gasteiger partial charge in [0.1, 0.15) is 12.9 Å². The van der Waals surface area contributed by atoms with Gasteiger partial charge in [-0.3, -0.25) is 4.68 Å². The lowest BCUT2D eigenvalue weighted by molar-refractivity contribution is 0.263. The Bertz CT molecular complexity index is 473. The van der Waals surface area contributed by atoms with Gasteiger partial charge in [-0.15, -0.1) is 0 Å². The summed E-state index contributed by atoms with van der Waals surface area (Å²) in [6, 6.07) is 2.04. The van der Waals surface area contributed by atoms with Gasteiger partial charge in [0.2, 0.25) is 0 Å². The van der Waals surface area contributed by atoms with Crippen molar-refractivity contribution in [1.82, 2.24) is 24.5 Å². The lowest BCUT2D eigenvalue weighted by atomic mass is 10.3. The van der Waals surface area contributed by atoms with Crippen LogP contribution in [-0.4, -0.2) is 29.7 Å². The monoisotopic (exact) mass is 221 g/mol. The fourth-order valence-electron chi connectivity index (χ4n) is 1.59. The van der Waals surface area contributed by atoms with Crippen LogP contribution in [0.5, 0.6) is 0 Å². The maximum atomic E-state index is 9.06. The number of nitrogens with zero attached hydrogens (tertiary/aromatic N) is 5. The van der Waals surface area contributed by atoms with Gasteiger partial charge in [0.15, 0.2) is 5.82 Å². The molecule has 6 heteroatoms. The van der Waals surface area contributed by atoms with Gasteiger partial charge in [0, 0.05) is 7.05 Å². The van der Waals surface area contributed by atoms with Crippen molar-refractivity contribution in [3.05, 3.63) is 29.6 Å². The van der Waals surface area contributed by atoms with E-state index >= 15 is 0 Å². The van der Waals surface area contributed by atoms with Crippen LogP contribution in [0.4, 0.5) is 0 Å². The highest BCUT2D eigenvalue weighted by Crippen LogP contribution is 2.06. The van der Waals surface area contributed by atoms with E-state index in [1.54, 1.807) is 4.68 Å². The van der Waals surface area contributed by atoms with Crippen molar-refractivity contribution in [2.75, 3.05) is 0 Å². The first kappa shape index (κ1) is 10.8. The largest absolute Gasteiger partial charge is 0.388 e. The quantitative estimate of drug-likeness (QED) is 0.796. The molecule has 16 heavy (non-hydrogen) atoms. The Kier molecular flexibility index (Phi) is 3.00. The molecule has 0 aliphatic carbocycles. The van der Waals surface area contributed by atoms with Crippen molar-refractivity contribution < 1.29 is 5.11 Å². The fraction of sp³-hybridized carbons (Fsp3) is 0.500. The lowest BCUT2D eigenvalue weighted by Gasteiger charge is -2.03. The van der Waals surface area contributed by atoms with E-state index in [0.29, 0.717) is 12.4 Å². The van der Waals surface area contributed by atoms with Gasteiger partial charge in [-0.2, -0.15) is 10.2 Å². The summed E-state index contributed by atoms with van der Waals surface area (Å²) in [7, 11) is 1.91. The summed E-state index contributed by atoms with van der Waals surface area (Å²) < 4.78 is 3.51. The van der Waals surface area contributed by atoms with Gasteiger partial charge in [0.05, 0.1) is 17.9 Å². The second-order valence-electron chi connectivity index (χ2n) is 3.60. The molecule has 0 saturated carbocycles. The van der Waals surface area contributed by atoms with Crippen molar-refractivity contribution in [3.63, 3.8) is 0 Å². The molecule has 6 nitrogen and oxygen atoms in total. The van der Waals surface area contributed by atoms with E-state index in [4.69, 9.17) is 5.11 Å². The predicted molar refractivity (Wildman–Crippen MR) is 57.6 cm³/mol. The van der Waals surface area contributed by atoms with Crippen LogP contribution in [0.25, 0.3) is 0 Å². The molecular formula is C10H15N5O. The minimum absolute atomic E-state index is 0.0987. The van der Waals surface area contributed by atoms with Crippen molar-refractivity contribution in [2.24, 2.45) is 7.05 Å². The summed E-state index contributed by atoms with van der Waals surface area (Å²) in [4.78, 5) is 3.96. The van der Waals surface area contributed by atoms with Crippen LogP contribution in [0.1, 0.15) is 24.1 Å². The van der Waals surface area contributed by atoms with E-state index in [1.807, 2.05) is 17.8 Å². The highest BCUT2D eigenvalue weighted by atomic mass is 16.3. The molecular weight excluding hydrogens is 206 g/mol. The Morgan fingerprint density at radius 1 is 1.44 bits per heavy atom. The standard InChI is InChI=1S/C10H15N5O/c1-3-8-4-9(14(2)13-8)5-15-10(6-16)11-7-12-15/h4,7,16H,3,5-6H2,1-2H3. The van der Waals surface area contributed by atoms with Crippen LogP contribution >= 0.6 is 0 Å². The molecule has 0 bridgehead atoms. The summed E-state index contributed by atoms with van der Waals surface area (Å²) in [6.45, 7) is 2.55. The molecule has 0 radical (unpaired) electrons. The molecule has 2 rings (SSSR count). The molecule has 2 aromatic heterocycles. The molecule has 0 atom stereocenters. The Morgan fingerprint density at radius 2 is 2.25 bits per heavy atom. The van der Waals surface area contributed by atoms with Crippen molar-refractivity contribution in [1.29, 1.82) is 0 Å². The van der Waals surface area contributed by atoms with Crippen LogP contribution < -0.4 is 0 Å². The van der Waals surface area contributed by atoms with E-state index in [2.05, 4.69) is 22.1 Å². The number of aromatic nitrogens is 5. The fourth-order valence-corrected chi connectivity index (χ4v) is 1.59. The van der Waals surface area contributed by atoms with Crippen molar-refractivity contribution >= 4 is 0 Å². The molecule has 0 fully saturated rings. The predicted octanol–water partition coefficient (Wildman–Crippen LogP) is 0.115. The maximum absolute atomic E-state index is 9.06. The molecule has 2 aromatic rings. The molecule has 1 N–H and O–H groups in total. The Morgan fingerprint density at radius 3 is 2.88 bits per heavy atom. The Balaban J connectivity index is 2.23. The lowest BCUT2D eigenvalue weighted by Crippen LogP contribution is -2.10. The minimum atomic E-state index is -0.0987. The zero-order chi connectivity index (χ0) is 11.5. The molecule has 2 heterocycles. The van der Waals surface area contributed by atoms with E-state index in [9.17, 15) is 0 Å². The number of aliphatic hydroxyl groups excluding tert-OH is 1. The van der Waals surface area contributed by atoms with Gasteiger partial charge >= 0.3 is 0 Å². The van der Waals surface area contributed by atoms with Crippen molar-refractivity contribution in [2.45, 2.75) is 26.5 Å². The summed E-state index contributed by atoms with van der Waals surface area (Å²) in [6.07, 6.45) is 2.36. The molecule has 86 valence electrons. The summed E-state index contributed by atoms with van der Waals surface area (Å²) >= 11 is 0. The number of aliphatic hydroxyl groups is 1. The molecule has 0 amide bonds. The second kappa shape index (κ2) is 4.44. The van der Waals surface area contributed by atoms with Gasteiger partial charge in [-0.25, -0.2) is 9.67 Å². The first-order chi connectivity index (χ1) is 7.74. The number of hydrogen-bond donors (Lipinski definition) is 1. The average Bonchev–Trinajstić information content (AvgIpc) is 2.86. The average molecular weight is 221 g/mol. The van der Waals surface area contributed by atoms with E-state index < -0.39 is 0 Å². The van der Waals surface area contributed by atoms with E-state index in [1.165, 1.54) is 6.33 Å². The van der Waals surface area contributed by atoms with E-state index in [0.717, 1.165) is 17.8 Å². The van der Waals surface area contributed by atoms with Crippen LogP contribution in [0.3, 0.4) is 0 Å². The zero-order valence-corrected chi connectivity index (χ0v) is 9.46. The number of aryl methyl sites for hydroxylation is 2. The molecule has 0 spiro atoms. The third-order valence-corrected chi connectivity index (χ3v) is 2.54. The third kappa shape index (κ3) is 1.96. The molecule has 0 aliphatic rings. The van der Waals surface area contributed by atoms with Crippen LogP contribution in [0, 0.1) is 0 Å². The van der Waals surface area contributed by atoms with Crippen molar-refractivity contribution in [3.8, 4) is 0 Å². The highest BCUT2D eigenvalue weighted by Gasteiger charge is 2.08. The van der Waals surface area contributed by atoms with Crippen LogP contribution in [0.15, 0.2) is 12.4 Å². The molecule has 0 aliphatic heterocycles. The van der Waals surface area contributed by atoms with Gasteiger partial charge < -0.3 is 5.11 Å². The molecule has 0 aromatic carbocycles. The first-order valence-corrected chi connectivity index (χ1v) is 5.24. The summed E-state index contributed by atoms with van der Waals surface area (Å²) in [5, 5.41) is 17.5. The SMILES string of the molecule is CCc1cc(Cn2ncnc2CO)n(C)n1. The Labute approximate surface area is 93.5 Å². The molecule has 0 saturated heterocycles. The Hall–Kier alpha value is -1.69. The zero-order valence-electron chi connectivity index (χ0n) is 9.46. The first-order valence-electron chi connectivity index (χ1n) is 5.24. The second-order valence-corrected chi connectivity index (χ2v) is 3.60. The highest BCUT2D eigenvalue weighted by molar-refractivity contribution is 5.10. The normalized spacial score (nSPS) is 10.9. The topological polar surface area (TPSA) is 68.8 Å². The minimum Gasteiger partial charge on any atom is -0.388 e. The summed E-state index contributed by atoms with van der Waals surface area (Å²) in [5.74, 6) is 0.569. The number of hydrogen-bond acceptors (Lipinski definition) is 4. The van der Waals surface area contributed by atoms with Crippen LogP contribution in [-0.2, 0) is 26.6 Å². The van der Waals surface area contributed by atoms with E-state index in [-0.39, 0.29) is 6.61 Å². The van der Waals surface area contributed by atoms with Gasteiger partial charge in [0.25, 0.3) is 0 Å². The maximum Gasteiger partial charge on any atom is 0.152 e. The van der Waals surface area contributed by atoms with Crippen LogP contribution in [0.2, 0.25) is 0 Å². The third-order valence-electron chi connectivity index (χ3n) is 2.54. The van der Waals surface area contributed by atoms with Gasteiger partial charge in [-0.1, -0.05) is 6.92 Å². The molecule has 0 unspecified atom stereocenters.